The molecule has 0 bridgehead atoms. The highest BCUT2D eigenvalue weighted by molar-refractivity contribution is 5.97. The number of alkyl halides is 2. The van der Waals surface area contributed by atoms with Gasteiger partial charge in [0.2, 0.25) is 0 Å². The number of imidazole rings is 1. The van der Waals surface area contributed by atoms with E-state index in [1.54, 1.807) is 6.20 Å². The number of piperazine rings is 1. The molecular weight excluding hydrogens is 378 g/mol. The maximum absolute atomic E-state index is 12.4. The first-order chi connectivity index (χ1) is 13.9. The Morgan fingerprint density at radius 1 is 1.38 bits per heavy atom. The summed E-state index contributed by atoms with van der Waals surface area (Å²) in [5.74, 6) is 1.22. The van der Waals surface area contributed by atoms with Crippen molar-refractivity contribution in [2.45, 2.75) is 25.4 Å². The minimum absolute atomic E-state index is 0.371. The lowest BCUT2D eigenvalue weighted by atomic mass is 10.1. The lowest BCUT2D eigenvalue weighted by Crippen LogP contribution is -2.59. The van der Waals surface area contributed by atoms with E-state index in [2.05, 4.69) is 49.0 Å². The Hall–Kier alpha value is -2.72. The molecule has 10 heteroatoms. The zero-order chi connectivity index (χ0) is 21.0. The molecule has 0 aromatic carbocycles. The van der Waals surface area contributed by atoms with Gasteiger partial charge in [0.05, 0.1) is 23.3 Å². The van der Waals surface area contributed by atoms with Crippen LogP contribution >= 0.6 is 0 Å². The van der Waals surface area contributed by atoms with Gasteiger partial charge in [-0.3, -0.25) is 10.3 Å². The molecule has 156 valence electrons. The van der Waals surface area contributed by atoms with Crippen LogP contribution in [0.25, 0.3) is 17.5 Å². The molecule has 1 aliphatic rings. The van der Waals surface area contributed by atoms with Crippen LogP contribution in [0, 0.1) is 5.41 Å². The number of rotatable bonds is 7. The van der Waals surface area contributed by atoms with Gasteiger partial charge in [0.1, 0.15) is 18.0 Å². The average molecular weight is 404 g/mol. The van der Waals surface area contributed by atoms with Crippen molar-refractivity contribution in [1.29, 1.82) is 5.41 Å². The maximum Gasteiger partial charge on any atom is 0.279 e. The highest BCUT2D eigenvalue weighted by Gasteiger charge is 2.29. The van der Waals surface area contributed by atoms with E-state index in [1.807, 2.05) is 13.1 Å². The molecule has 2 unspecified atom stereocenters. The summed E-state index contributed by atoms with van der Waals surface area (Å²) in [6.07, 6.45) is 2.69. The molecular formula is C19H26F2N8. The summed E-state index contributed by atoms with van der Waals surface area (Å²) in [5, 5.41) is 10.4. The first-order valence-electron chi connectivity index (χ1n) is 9.42. The molecule has 0 saturated carbocycles. The predicted octanol–water partition coefficient (Wildman–Crippen LogP) is 1.89. The highest BCUT2D eigenvalue weighted by atomic mass is 19.3. The standard InChI is InChI=1S/C19H26F2N8/c1-12-9-29(10-13(7-23-2)28(12)3)18-6-15(25-11-26-18)16-8-24-17(27-16)5-4-14(22)19(20)21/h4-6,8,11-13,19,22-23H,7,9-10H2,1-3H3,(H,24,27)/b5-4-,22-14?. The van der Waals surface area contributed by atoms with E-state index in [0.717, 1.165) is 31.5 Å². The molecule has 0 radical (unpaired) electrons. The third-order valence-corrected chi connectivity index (χ3v) is 5.13. The molecule has 2 aromatic rings. The molecule has 1 aliphatic heterocycles. The molecule has 1 fully saturated rings. The highest BCUT2D eigenvalue weighted by Crippen LogP contribution is 2.23. The number of hydrogen-bond acceptors (Lipinski definition) is 7. The second-order valence-electron chi connectivity index (χ2n) is 7.16. The molecule has 3 rings (SSSR count). The number of aromatic nitrogens is 4. The molecule has 1 saturated heterocycles. The van der Waals surface area contributed by atoms with E-state index in [9.17, 15) is 8.78 Å². The fraction of sp³-hybridized carbons (Fsp3) is 0.474. The van der Waals surface area contributed by atoms with E-state index in [4.69, 9.17) is 5.41 Å². The van der Waals surface area contributed by atoms with Crippen LogP contribution in [0.2, 0.25) is 0 Å². The third-order valence-electron chi connectivity index (χ3n) is 5.13. The molecule has 8 nitrogen and oxygen atoms in total. The molecule has 0 amide bonds. The number of H-pyrrole nitrogens is 1. The Balaban J connectivity index is 1.77. The van der Waals surface area contributed by atoms with Gasteiger partial charge in [0, 0.05) is 37.8 Å². The average Bonchev–Trinajstić information content (AvgIpc) is 3.18. The number of halogens is 2. The lowest BCUT2D eigenvalue weighted by Gasteiger charge is -2.44. The molecule has 3 N–H and O–H groups in total. The van der Waals surface area contributed by atoms with E-state index in [0.29, 0.717) is 29.3 Å². The summed E-state index contributed by atoms with van der Waals surface area (Å²) in [6, 6.07) is 2.65. The summed E-state index contributed by atoms with van der Waals surface area (Å²) in [4.78, 5) is 20.6. The molecule has 2 aromatic heterocycles. The SMILES string of the molecule is CNCC1CN(c2cc(-c3cnc(/C=C\C(=N)C(F)F)[nH]3)ncn2)CC(C)N1C. The molecule has 0 aliphatic carbocycles. The van der Waals surface area contributed by atoms with Crippen molar-refractivity contribution in [3.05, 3.63) is 30.5 Å². The Labute approximate surface area is 168 Å². The molecule has 2 atom stereocenters. The Bertz CT molecular complexity index is 865. The van der Waals surface area contributed by atoms with E-state index in [-0.39, 0.29) is 0 Å². The summed E-state index contributed by atoms with van der Waals surface area (Å²) in [6.45, 7) is 4.80. The number of aromatic amines is 1. The van der Waals surface area contributed by atoms with Gasteiger partial charge in [-0.1, -0.05) is 0 Å². The van der Waals surface area contributed by atoms with Crippen molar-refractivity contribution >= 4 is 17.6 Å². The second-order valence-corrected chi connectivity index (χ2v) is 7.16. The van der Waals surface area contributed by atoms with Crippen LogP contribution in [0.1, 0.15) is 12.7 Å². The van der Waals surface area contributed by atoms with Crippen molar-refractivity contribution in [2.24, 2.45) is 0 Å². The number of anilines is 1. The van der Waals surface area contributed by atoms with Crippen LogP contribution in [-0.4, -0.2) is 82.8 Å². The van der Waals surface area contributed by atoms with E-state index < -0.39 is 12.1 Å². The van der Waals surface area contributed by atoms with Gasteiger partial charge in [-0.2, -0.15) is 0 Å². The Morgan fingerprint density at radius 2 is 2.17 bits per heavy atom. The Kier molecular flexibility index (Phi) is 6.65. The fourth-order valence-electron chi connectivity index (χ4n) is 3.36. The van der Waals surface area contributed by atoms with Gasteiger partial charge < -0.3 is 15.2 Å². The summed E-state index contributed by atoms with van der Waals surface area (Å²) in [7, 11) is 4.09. The minimum atomic E-state index is -2.80. The van der Waals surface area contributed by atoms with Crippen molar-refractivity contribution in [3.63, 3.8) is 0 Å². The number of allylic oxidation sites excluding steroid dienone is 1. The topological polar surface area (TPSA) is 96.8 Å². The van der Waals surface area contributed by atoms with Crippen LogP contribution in [0.5, 0.6) is 0 Å². The van der Waals surface area contributed by atoms with Crippen LogP contribution in [0.3, 0.4) is 0 Å². The summed E-state index contributed by atoms with van der Waals surface area (Å²) >= 11 is 0. The number of likely N-dealkylation sites (N-methyl/N-ethyl adjacent to an activating group) is 2. The zero-order valence-electron chi connectivity index (χ0n) is 16.7. The van der Waals surface area contributed by atoms with Gasteiger partial charge in [-0.25, -0.2) is 23.7 Å². The van der Waals surface area contributed by atoms with Crippen LogP contribution < -0.4 is 10.2 Å². The number of nitrogens with one attached hydrogen (secondary N) is 3. The Morgan fingerprint density at radius 3 is 2.90 bits per heavy atom. The number of hydrogen-bond donors (Lipinski definition) is 3. The first-order valence-corrected chi connectivity index (χ1v) is 9.42. The van der Waals surface area contributed by atoms with Gasteiger partial charge in [0.15, 0.2) is 0 Å². The number of nitrogens with zero attached hydrogens (tertiary/aromatic N) is 5. The van der Waals surface area contributed by atoms with Crippen molar-refractivity contribution in [2.75, 3.05) is 38.6 Å². The predicted molar refractivity (Wildman–Crippen MR) is 110 cm³/mol. The lowest BCUT2D eigenvalue weighted by molar-refractivity contribution is 0.156. The van der Waals surface area contributed by atoms with Gasteiger partial charge >= 0.3 is 0 Å². The minimum Gasteiger partial charge on any atom is -0.353 e. The van der Waals surface area contributed by atoms with Crippen molar-refractivity contribution < 1.29 is 8.78 Å². The maximum atomic E-state index is 12.4. The normalized spacial score (nSPS) is 20.7. The van der Waals surface area contributed by atoms with Gasteiger partial charge in [-0.15, -0.1) is 0 Å². The summed E-state index contributed by atoms with van der Waals surface area (Å²) in [5.41, 5.74) is 0.571. The third kappa shape index (κ3) is 5.01. The van der Waals surface area contributed by atoms with E-state index in [1.165, 1.54) is 12.4 Å². The smallest absolute Gasteiger partial charge is 0.279 e. The molecule has 3 heterocycles. The quantitative estimate of drug-likeness (QED) is 0.610. The fourth-order valence-corrected chi connectivity index (χ4v) is 3.36. The largest absolute Gasteiger partial charge is 0.353 e. The first kappa shape index (κ1) is 21.0. The summed E-state index contributed by atoms with van der Waals surface area (Å²) < 4.78 is 24.8. The van der Waals surface area contributed by atoms with E-state index >= 15 is 0 Å². The van der Waals surface area contributed by atoms with Gasteiger partial charge in [-0.05, 0) is 33.2 Å². The van der Waals surface area contributed by atoms with Crippen molar-refractivity contribution in [3.8, 4) is 11.4 Å². The second kappa shape index (κ2) is 9.19. The van der Waals surface area contributed by atoms with Crippen LogP contribution in [0.4, 0.5) is 14.6 Å². The molecule has 29 heavy (non-hydrogen) atoms. The monoisotopic (exact) mass is 404 g/mol. The van der Waals surface area contributed by atoms with Crippen molar-refractivity contribution in [1.82, 2.24) is 30.2 Å². The molecule has 0 spiro atoms. The van der Waals surface area contributed by atoms with Gasteiger partial charge in [0.25, 0.3) is 6.43 Å². The van der Waals surface area contributed by atoms with Crippen LogP contribution in [-0.2, 0) is 0 Å². The van der Waals surface area contributed by atoms with Crippen LogP contribution in [0.15, 0.2) is 24.7 Å². The zero-order valence-corrected chi connectivity index (χ0v) is 16.7.